The standard InChI is InChI=1S/C49H32N6/c1-3-13-33(14-4-1)34-22-24-37(25-23-34)47-52-46(36-15-5-2-6-16-36)53-48(54-47)42-31-30-39(40-17-7-8-18-41(40)42)35-26-28-38(29-27-35)55-45-21-10-9-19-43(45)51-49(55)44-20-11-12-32-50-44/h1-32H. The highest BCUT2D eigenvalue weighted by molar-refractivity contribution is 6.04. The molecule has 3 aromatic heterocycles. The van der Waals surface area contributed by atoms with Crippen LogP contribution < -0.4 is 0 Å². The third-order valence-electron chi connectivity index (χ3n) is 9.97. The van der Waals surface area contributed by atoms with Crippen molar-refractivity contribution in [3.05, 3.63) is 194 Å². The lowest BCUT2D eigenvalue weighted by atomic mass is 9.94. The number of pyridine rings is 1. The Balaban J connectivity index is 1.06. The summed E-state index contributed by atoms with van der Waals surface area (Å²) in [5.74, 6) is 2.70. The van der Waals surface area contributed by atoms with Crippen molar-refractivity contribution in [1.29, 1.82) is 0 Å². The Bertz CT molecular complexity index is 2940. The van der Waals surface area contributed by atoms with Crippen LogP contribution in [0.15, 0.2) is 194 Å². The summed E-state index contributed by atoms with van der Waals surface area (Å²) in [5, 5.41) is 2.18. The Kier molecular flexibility index (Phi) is 8.04. The highest BCUT2D eigenvalue weighted by atomic mass is 15.1. The molecule has 7 aromatic carbocycles. The average Bonchev–Trinajstić information content (AvgIpc) is 3.67. The lowest BCUT2D eigenvalue weighted by molar-refractivity contribution is 1.08. The molecule has 0 amide bonds. The van der Waals surface area contributed by atoms with E-state index in [9.17, 15) is 0 Å². The first kappa shape index (κ1) is 32.1. The molecule has 0 spiro atoms. The van der Waals surface area contributed by atoms with E-state index in [2.05, 4.69) is 125 Å². The molecule has 0 aliphatic rings. The van der Waals surface area contributed by atoms with Gasteiger partial charge in [0.05, 0.1) is 11.0 Å². The molecule has 55 heavy (non-hydrogen) atoms. The maximum Gasteiger partial charge on any atom is 0.164 e. The molecule has 0 fully saturated rings. The number of rotatable bonds is 7. The van der Waals surface area contributed by atoms with Gasteiger partial charge in [0.2, 0.25) is 0 Å². The van der Waals surface area contributed by atoms with Crippen LogP contribution in [0, 0.1) is 0 Å². The maximum atomic E-state index is 5.12. The van der Waals surface area contributed by atoms with Gasteiger partial charge in [-0.1, -0.05) is 146 Å². The zero-order valence-corrected chi connectivity index (χ0v) is 29.7. The summed E-state index contributed by atoms with van der Waals surface area (Å²) in [4.78, 5) is 24.8. The van der Waals surface area contributed by atoms with Crippen molar-refractivity contribution in [3.8, 4) is 73.6 Å². The predicted molar refractivity (Wildman–Crippen MR) is 222 cm³/mol. The molecule has 0 N–H and O–H groups in total. The van der Waals surface area contributed by atoms with Crippen LogP contribution in [0.4, 0.5) is 0 Å². The summed E-state index contributed by atoms with van der Waals surface area (Å²) in [7, 11) is 0. The van der Waals surface area contributed by atoms with Gasteiger partial charge in [-0.3, -0.25) is 9.55 Å². The Morgan fingerprint density at radius 2 is 0.873 bits per heavy atom. The maximum absolute atomic E-state index is 5.12. The van der Waals surface area contributed by atoms with Gasteiger partial charge in [-0.15, -0.1) is 0 Å². The fourth-order valence-electron chi connectivity index (χ4n) is 7.27. The minimum atomic E-state index is 0.628. The van der Waals surface area contributed by atoms with Crippen LogP contribution in [0.3, 0.4) is 0 Å². The van der Waals surface area contributed by atoms with Crippen LogP contribution in [0.2, 0.25) is 0 Å². The molecule has 0 saturated heterocycles. The Morgan fingerprint density at radius 3 is 1.58 bits per heavy atom. The van der Waals surface area contributed by atoms with Gasteiger partial charge in [-0.05, 0) is 75.5 Å². The summed E-state index contributed by atoms with van der Waals surface area (Å²) < 4.78 is 2.18. The number of para-hydroxylation sites is 2. The number of benzene rings is 7. The summed E-state index contributed by atoms with van der Waals surface area (Å²) in [6.45, 7) is 0. The highest BCUT2D eigenvalue weighted by Gasteiger charge is 2.18. The zero-order valence-electron chi connectivity index (χ0n) is 29.7. The molecule has 0 saturated carbocycles. The van der Waals surface area contributed by atoms with Crippen molar-refractivity contribution in [2.45, 2.75) is 0 Å². The van der Waals surface area contributed by atoms with Gasteiger partial charge in [-0.2, -0.15) is 0 Å². The van der Waals surface area contributed by atoms with Gasteiger partial charge < -0.3 is 0 Å². The first-order chi connectivity index (χ1) is 27.3. The van der Waals surface area contributed by atoms with Crippen LogP contribution in [-0.4, -0.2) is 29.5 Å². The van der Waals surface area contributed by atoms with E-state index in [1.807, 2.05) is 72.8 Å². The Labute approximate surface area is 318 Å². The van der Waals surface area contributed by atoms with Gasteiger partial charge in [0.15, 0.2) is 23.3 Å². The second kappa shape index (κ2) is 13.8. The van der Waals surface area contributed by atoms with Crippen molar-refractivity contribution in [2.75, 3.05) is 0 Å². The molecule has 6 heteroatoms. The van der Waals surface area contributed by atoms with Crippen LogP contribution in [-0.2, 0) is 0 Å². The summed E-state index contributed by atoms with van der Waals surface area (Å²) in [6, 6.07) is 64.5. The molecule has 258 valence electrons. The third kappa shape index (κ3) is 6.02. The fraction of sp³-hybridized carbons (Fsp3) is 0. The third-order valence-corrected chi connectivity index (χ3v) is 9.97. The van der Waals surface area contributed by atoms with Crippen molar-refractivity contribution >= 4 is 21.8 Å². The molecule has 3 heterocycles. The van der Waals surface area contributed by atoms with Crippen molar-refractivity contribution in [1.82, 2.24) is 29.5 Å². The van der Waals surface area contributed by atoms with Crippen molar-refractivity contribution in [2.24, 2.45) is 0 Å². The Hall–Kier alpha value is -7.57. The second-order valence-corrected chi connectivity index (χ2v) is 13.3. The molecular weight excluding hydrogens is 673 g/mol. The largest absolute Gasteiger partial charge is 0.291 e. The number of aromatic nitrogens is 6. The summed E-state index contributed by atoms with van der Waals surface area (Å²) >= 11 is 0. The molecule has 0 aliphatic carbocycles. The molecule has 0 aliphatic heterocycles. The van der Waals surface area contributed by atoms with E-state index < -0.39 is 0 Å². The van der Waals surface area contributed by atoms with Crippen LogP contribution >= 0.6 is 0 Å². The number of fused-ring (bicyclic) bond motifs is 2. The minimum absolute atomic E-state index is 0.628. The number of hydrogen-bond acceptors (Lipinski definition) is 5. The molecule has 0 radical (unpaired) electrons. The molecule has 0 bridgehead atoms. The SMILES string of the molecule is c1ccc(-c2ccc(-c3nc(-c4ccccc4)nc(-c4ccc(-c5ccc(-n6c(-c7ccccn7)nc7ccccc76)cc5)c5ccccc45)n3)cc2)cc1. The smallest absolute Gasteiger partial charge is 0.164 e. The lowest BCUT2D eigenvalue weighted by Gasteiger charge is -2.14. The topological polar surface area (TPSA) is 69.4 Å². The van der Waals surface area contributed by atoms with E-state index >= 15 is 0 Å². The lowest BCUT2D eigenvalue weighted by Crippen LogP contribution is -2.01. The molecule has 6 nitrogen and oxygen atoms in total. The summed E-state index contributed by atoms with van der Waals surface area (Å²) in [6.07, 6.45) is 1.81. The highest BCUT2D eigenvalue weighted by Crippen LogP contribution is 2.37. The normalized spacial score (nSPS) is 11.3. The minimum Gasteiger partial charge on any atom is -0.291 e. The van der Waals surface area contributed by atoms with E-state index in [-0.39, 0.29) is 0 Å². The van der Waals surface area contributed by atoms with E-state index in [0.29, 0.717) is 17.5 Å². The monoisotopic (exact) mass is 704 g/mol. The molecule has 10 rings (SSSR count). The van der Waals surface area contributed by atoms with Crippen LogP contribution in [0.5, 0.6) is 0 Å². The van der Waals surface area contributed by atoms with Crippen LogP contribution in [0.1, 0.15) is 0 Å². The molecule has 10 aromatic rings. The molecule has 0 atom stereocenters. The molecular formula is C49H32N6. The van der Waals surface area contributed by atoms with E-state index in [4.69, 9.17) is 19.9 Å². The number of nitrogens with zero attached hydrogens (tertiary/aromatic N) is 6. The first-order valence-corrected chi connectivity index (χ1v) is 18.3. The quantitative estimate of drug-likeness (QED) is 0.165. The second-order valence-electron chi connectivity index (χ2n) is 13.3. The predicted octanol–water partition coefficient (Wildman–Crippen LogP) is 11.8. The van der Waals surface area contributed by atoms with Gasteiger partial charge in [0.25, 0.3) is 0 Å². The van der Waals surface area contributed by atoms with Gasteiger partial charge in [0, 0.05) is 28.6 Å². The van der Waals surface area contributed by atoms with E-state index in [1.165, 1.54) is 5.56 Å². The van der Waals surface area contributed by atoms with E-state index in [0.717, 1.165) is 72.4 Å². The average molecular weight is 705 g/mol. The Morgan fingerprint density at radius 1 is 0.345 bits per heavy atom. The first-order valence-electron chi connectivity index (χ1n) is 18.3. The van der Waals surface area contributed by atoms with Gasteiger partial charge in [-0.25, -0.2) is 19.9 Å². The van der Waals surface area contributed by atoms with Crippen molar-refractivity contribution < 1.29 is 0 Å². The van der Waals surface area contributed by atoms with Crippen molar-refractivity contribution in [3.63, 3.8) is 0 Å². The molecule has 0 unspecified atom stereocenters. The van der Waals surface area contributed by atoms with Gasteiger partial charge in [0.1, 0.15) is 5.69 Å². The van der Waals surface area contributed by atoms with Gasteiger partial charge >= 0.3 is 0 Å². The number of imidazole rings is 1. The van der Waals surface area contributed by atoms with Crippen LogP contribution in [0.25, 0.3) is 95.4 Å². The number of hydrogen-bond donors (Lipinski definition) is 0. The zero-order chi connectivity index (χ0) is 36.6. The summed E-state index contributed by atoms with van der Waals surface area (Å²) in [5.41, 5.74) is 11.2. The van der Waals surface area contributed by atoms with E-state index in [1.54, 1.807) is 6.20 Å². The fourth-order valence-corrected chi connectivity index (χ4v) is 7.27.